The van der Waals surface area contributed by atoms with E-state index < -0.39 is 24.5 Å². The number of fused-ring (bicyclic) bond motifs is 1. The van der Waals surface area contributed by atoms with Gasteiger partial charge in [-0.2, -0.15) is 0 Å². The Morgan fingerprint density at radius 1 is 1.06 bits per heavy atom. The number of aromatic amines is 1. The highest BCUT2D eigenvalue weighted by atomic mass is 16.5. The molecule has 0 unspecified atom stereocenters. The van der Waals surface area contributed by atoms with E-state index in [0.717, 1.165) is 33.2 Å². The van der Waals surface area contributed by atoms with Crippen LogP contribution >= 0.6 is 0 Å². The van der Waals surface area contributed by atoms with Crippen LogP contribution in [0.3, 0.4) is 0 Å². The molecule has 0 saturated heterocycles. The molecular weight excluding hydrogens is 394 g/mol. The van der Waals surface area contributed by atoms with Crippen molar-refractivity contribution in [2.24, 2.45) is 0 Å². The van der Waals surface area contributed by atoms with Gasteiger partial charge < -0.3 is 20.4 Å². The molecule has 162 valence electrons. The summed E-state index contributed by atoms with van der Waals surface area (Å²) in [5.74, 6) is -1.44. The van der Waals surface area contributed by atoms with Crippen LogP contribution in [0.5, 0.6) is 0 Å². The number of para-hydroxylation sites is 1. The van der Waals surface area contributed by atoms with Gasteiger partial charge in [0, 0.05) is 36.1 Å². The minimum atomic E-state index is -0.896. The first-order chi connectivity index (χ1) is 14.7. The number of esters is 1. The van der Waals surface area contributed by atoms with Gasteiger partial charge in [-0.15, -0.1) is 0 Å². The van der Waals surface area contributed by atoms with Crippen molar-refractivity contribution in [1.82, 2.24) is 10.3 Å². The van der Waals surface area contributed by atoms with Crippen molar-refractivity contribution < 1.29 is 19.1 Å². The summed E-state index contributed by atoms with van der Waals surface area (Å²) in [5.41, 5.74) is 5.51. The molecule has 0 spiro atoms. The highest BCUT2D eigenvalue weighted by molar-refractivity contribution is 5.95. The number of aryl methyl sites for hydroxylation is 3. The number of benzene rings is 2. The molecule has 1 heterocycles. The van der Waals surface area contributed by atoms with Gasteiger partial charge >= 0.3 is 5.97 Å². The number of rotatable bonds is 7. The zero-order chi connectivity index (χ0) is 22.5. The standard InChI is InChI=1S/C24H27N3O4/c1-14-9-15(2)23(16(3)10-14)27-22(29)13-31-24(30)21(26-17(4)28)11-18-12-25-20-8-6-5-7-19(18)20/h5-10,12,21,25H,11,13H2,1-4H3,(H,26,28)(H,27,29)/t21-/m0/s1. The third-order valence-electron chi connectivity index (χ3n) is 5.05. The number of amides is 2. The smallest absolute Gasteiger partial charge is 0.329 e. The lowest BCUT2D eigenvalue weighted by molar-refractivity contribution is -0.150. The molecule has 1 atom stereocenters. The number of aromatic nitrogens is 1. The van der Waals surface area contributed by atoms with E-state index in [-0.39, 0.29) is 12.3 Å². The lowest BCUT2D eigenvalue weighted by Gasteiger charge is -2.17. The second kappa shape index (κ2) is 9.47. The summed E-state index contributed by atoms with van der Waals surface area (Å²) in [7, 11) is 0. The van der Waals surface area contributed by atoms with Crippen molar-refractivity contribution in [2.45, 2.75) is 40.2 Å². The van der Waals surface area contributed by atoms with Crippen LogP contribution in [0.2, 0.25) is 0 Å². The summed E-state index contributed by atoms with van der Waals surface area (Å²) in [6.45, 7) is 6.72. The van der Waals surface area contributed by atoms with Crippen molar-refractivity contribution in [3.8, 4) is 0 Å². The molecule has 3 aromatic rings. The molecule has 31 heavy (non-hydrogen) atoms. The summed E-state index contributed by atoms with van der Waals surface area (Å²) in [5, 5.41) is 6.39. The fourth-order valence-electron chi connectivity index (χ4n) is 3.75. The molecule has 7 heteroatoms. The van der Waals surface area contributed by atoms with Gasteiger partial charge in [0.05, 0.1) is 0 Å². The molecule has 0 saturated carbocycles. The number of carbonyl (C=O) groups excluding carboxylic acids is 3. The van der Waals surface area contributed by atoms with Gasteiger partial charge in [-0.1, -0.05) is 35.9 Å². The Balaban J connectivity index is 1.65. The van der Waals surface area contributed by atoms with Gasteiger partial charge in [-0.05, 0) is 43.5 Å². The normalized spacial score (nSPS) is 11.7. The quantitative estimate of drug-likeness (QED) is 0.510. The summed E-state index contributed by atoms with van der Waals surface area (Å²) >= 11 is 0. The van der Waals surface area contributed by atoms with Crippen LogP contribution in [0.25, 0.3) is 10.9 Å². The average molecular weight is 421 g/mol. The minimum Gasteiger partial charge on any atom is -0.454 e. The Hall–Kier alpha value is -3.61. The van der Waals surface area contributed by atoms with Gasteiger partial charge in [0.1, 0.15) is 6.04 Å². The van der Waals surface area contributed by atoms with Gasteiger partial charge in [-0.25, -0.2) is 4.79 Å². The number of nitrogens with one attached hydrogen (secondary N) is 3. The van der Waals surface area contributed by atoms with Crippen LogP contribution in [-0.2, 0) is 25.5 Å². The molecule has 7 nitrogen and oxygen atoms in total. The second-order valence-corrected chi connectivity index (χ2v) is 7.75. The van der Waals surface area contributed by atoms with Crippen molar-refractivity contribution in [3.63, 3.8) is 0 Å². The number of hydrogen-bond acceptors (Lipinski definition) is 4. The van der Waals surface area contributed by atoms with E-state index in [0.29, 0.717) is 5.69 Å². The fraction of sp³-hybridized carbons (Fsp3) is 0.292. The van der Waals surface area contributed by atoms with E-state index in [2.05, 4.69) is 15.6 Å². The molecule has 2 aromatic carbocycles. The van der Waals surface area contributed by atoms with Gasteiger partial charge in [-0.3, -0.25) is 9.59 Å². The highest BCUT2D eigenvalue weighted by Gasteiger charge is 2.24. The van der Waals surface area contributed by atoms with Crippen LogP contribution in [0, 0.1) is 20.8 Å². The second-order valence-electron chi connectivity index (χ2n) is 7.75. The number of H-pyrrole nitrogens is 1. The molecule has 0 aliphatic heterocycles. The maximum Gasteiger partial charge on any atom is 0.329 e. The predicted molar refractivity (Wildman–Crippen MR) is 120 cm³/mol. The first kappa shape index (κ1) is 22.1. The zero-order valence-electron chi connectivity index (χ0n) is 18.2. The van der Waals surface area contributed by atoms with E-state index in [9.17, 15) is 14.4 Å². The number of carbonyl (C=O) groups is 3. The van der Waals surface area contributed by atoms with Gasteiger partial charge in [0.2, 0.25) is 5.91 Å². The van der Waals surface area contributed by atoms with E-state index >= 15 is 0 Å². The average Bonchev–Trinajstić information content (AvgIpc) is 3.11. The molecule has 0 bridgehead atoms. The van der Waals surface area contributed by atoms with Gasteiger partial charge in [0.15, 0.2) is 6.61 Å². The van der Waals surface area contributed by atoms with Crippen molar-refractivity contribution in [1.29, 1.82) is 0 Å². The Morgan fingerprint density at radius 2 is 1.74 bits per heavy atom. The van der Waals surface area contributed by atoms with E-state index in [4.69, 9.17) is 4.74 Å². The Kier molecular flexibility index (Phi) is 6.74. The lowest BCUT2D eigenvalue weighted by Crippen LogP contribution is -2.43. The van der Waals surface area contributed by atoms with E-state index in [1.54, 1.807) is 0 Å². The summed E-state index contributed by atoms with van der Waals surface area (Å²) in [6, 6.07) is 10.8. The van der Waals surface area contributed by atoms with E-state index in [1.807, 2.05) is 63.4 Å². The van der Waals surface area contributed by atoms with Crippen molar-refractivity contribution >= 4 is 34.4 Å². The number of ether oxygens (including phenoxy) is 1. The third-order valence-corrected chi connectivity index (χ3v) is 5.05. The van der Waals surface area contributed by atoms with Crippen molar-refractivity contribution in [2.75, 3.05) is 11.9 Å². The SMILES string of the molecule is CC(=O)N[C@@H](Cc1c[nH]c2ccccc12)C(=O)OCC(=O)Nc1c(C)cc(C)cc1C. The topological polar surface area (TPSA) is 100 Å². The molecule has 1 aromatic heterocycles. The molecule has 3 rings (SSSR count). The Bertz CT molecular complexity index is 1110. The molecular formula is C24H27N3O4. The Morgan fingerprint density at radius 3 is 2.42 bits per heavy atom. The molecule has 0 aliphatic carbocycles. The summed E-state index contributed by atoms with van der Waals surface area (Å²) in [4.78, 5) is 39.8. The molecule has 0 aliphatic rings. The van der Waals surface area contributed by atoms with Crippen LogP contribution in [0.15, 0.2) is 42.6 Å². The largest absolute Gasteiger partial charge is 0.454 e. The van der Waals surface area contributed by atoms with Crippen LogP contribution < -0.4 is 10.6 Å². The van der Waals surface area contributed by atoms with Crippen LogP contribution in [0.4, 0.5) is 5.69 Å². The maximum atomic E-state index is 12.6. The Labute approximate surface area is 181 Å². The molecule has 2 amide bonds. The highest BCUT2D eigenvalue weighted by Crippen LogP contribution is 2.22. The number of hydrogen-bond donors (Lipinski definition) is 3. The molecule has 0 fully saturated rings. The van der Waals surface area contributed by atoms with Crippen LogP contribution in [-0.4, -0.2) is 35.4 Å². The van der Waals surface area contributed by atoms with Gasteiger partial charge in [0.25, 0.3) is 5.91 Å². The monoisotopic (exact) mass is 421 g/mol. The maximum absolute atomic E-state index is 12.6. The zero-order valence-corrected chi connectivity index (χ0v) is 18.2. The first-order valence-corrected chi connectivity index (χ1v) is 10.1. The lowest BCUT2D eigenvalue weighted by atomic mass is 10.0. The third kappa shape index (κ3) is 5.51. The van der Waals surface area contributed by atoms with Crippen molar-refractivity contribution in [3.05, 3.63) is 64.8 Å². The first-order valence-electron chi connectivity index (χ1n) is 10.1. The fourth-order valence-corrected chi connectivity index (χ4v) is 3.75. The minimum absolute atomic E-state index is 0.250. The van der Waals surface area contributed by atoms with E-state index in [1.165, 1.54) is 6.92 Å². The number of anilines is 1. The summed E-state index contributed by atoms with van der Waals surface area (Å²) in [6.07, 6.45) is 2.06. The molecule has 3 N–H and O–H groups in total. The van der Waals surface area contributed by atoms with Crippen LogP contribution in [0.1, 0.15) is 29.2 Å². The molecule has 0 radical (unpaired) electrons. The summed E-state index contributed by atoms with van der Waals surface area (Å²) < 4.78 is 5.23. The predicted octanol–water partition coefficient (Wildman–Crippen LogP) is 3.32.